The van der Waals surface area contributed by atoms with Gasteiger partial charge in [-0.05, 0) is 57.1 Å². The van der Waals surface area contributed by atoms with Crippen LogP contribution in [0.15, 0.2) is 140 Å². The molecule has 0 atom stereocenters. The monoisotopic (exact) mass is 530 g/mol. The summed E-state index contributed by atoms with van der Waals surface area (Å²) in [5, 5.41) is 10.5. The number of hydrogen-bond donors (Lipinski definition) is 2. The van der Waals surface area contributed by atoms with Crippen LogP contribution in [0.5, 0.6) is 0 Å². The van der Waals surface area contributed by atoms with E-state index in [1.807, 2.05) is 29.5 Å². The number of fused-ring (bicyclic) bond motifs is 3. The second-order valence-corrected chi connectivity index (χ2v) is 11.0. The largest absolute Gasteiger partial charge is 0.384 e. The lowest BCUT2D eigenvalue weighted by molar-refractivity contribution is 1.42. The molecular weight excluding hydrogens is 504 g/mol. The summed E-state index contributed by atoms with van der Waals surface area (Å²) in [6.07, 6.45) is 0. The summed E-state index contributed by atoms with van der Waals surface area (Å²) in [6, 6.07) is 49.1. The van der Waals surface area contributed by atoms with Crippen LogP contribution in [0.1, 0.15) is 5.56 Å². The van der Waals surface area contributed by atoms with Gasteiger partial charge in [0.1, 0.15) is 5.84 Å². The first-order chi connectivity index (χ1) is 19.7. The quantitative estimate of drug-likeness (QED) is 0.169. The average molecular weight is 531 g/mol. The minimum Gasteiger partial charge on any atom is -0.384 e. The molecule has 0 bridgehead atoms. The molecule has 0 fully saturated rings. The van der Waals surface area contributed by atoms with Crippen LogP contribution in [0.3, 0.4) is 0 Å². The predicted molar refractivity (Wildman–Crippen MR) is 172 cm³/mol. The molecule has 0 aliphatic carbocycles. The maximum atomic E-state index is 8.03. The number of amidine groups is 1. The van der Waals surface area contributed by atoms with Crippen LogP contribution in [0.25, 0.3) is 64.7 Å². The van der Waals surface area contributed by atoms with Crippen molar-refractivity contribution in [3.63, 3.8) is 0 Å². The van der Waals surface area contributed by atoms with Crippen molar-refractivity contribution in [1.29, 1.82) is 5.41 Å². The Kier molecular flexibility index (Phi) is 5.99. The third-order valence-corrected chi connectivity index (χ3v) is 8.75. The van der Waals surface area contributed by atoms with Gasteiger partial charge in [0.25, 0.3) is 0 Å². The summed E-state index contributed by atoms with van der Waals surface area (Å²) < 4.78 is 2.53. The zero-order chi connectivity index (χ0) is 27.1. The van der Waals surface area contributed by atoms with Crippen molar-refractivity contribution in [2.45, 2.75) is 0 Å². The van der Waals surface area contributed by atoms with Gasteiger partial charge >= 0.3 is 0 Å². The number of nitrogens with one attached hydrogen (secondary N) is 1. The fraction of sp³-hybridized carbons (Fsp3) is 0. The summed E-state index contributed by atoms with van der Waals surface area (Å²) in [5.41, 5.74) is 16.1. The van der Waals surface area contributed by atoms with E-state index in [4.69, 9.17) is 11.1 Å². The Balaban J connectivity index is 1.63. The Bertz CT molecular complexity index is 2010. The highest BCUT2D eigenvalue weighted by molar-refractivity contribution is 7.27. The Morgan fingerprint density at radius 1 is 0.475 bits per heavy atom. The summed E-state index contributed by atoms with van der Waals surface area (Å²) in [5.74, 6) is 0.0758. The van der Waals surface area contributed by atoms with Crippen LogP contribution in [0.2, 0.25) is 0 Å². The van der Waals surface area contributed by atoms with Crippen molar-refractivity contribution >= 4 is 37.3 Å². The number of rotatable bonds is 5. The molecule has 3 heteroatoms. The van der Waals surface area contributed by atoms with E-state index >= 15 is 0 Å². The first-order valence-electron chi connectivity index (χ1n) is 13.3. The highest BCUT2D eigenvalue weighted by atomic mass is 32.1. The molecule has 0 amide bonds. The number of nitrogens with two attached hydrogens (primary N) is 1. The van der Waals surface area contributed by atoms with Gasteiger partial charge in [0.15, 0.2) is 0 Å². The summed E-state index contributed by atoms with van der Waals surface area (Å²) >= 11 is 1.86. The minimum absolute atomic E-state index is 0.0758. The van der Waals surface area contributed by atoms with Crippen molar-refractivity contribution in [2.24, 2.45) is 5.73 Å². The fourth-order valence-electron chi connectivity index (χ4n) is 5.55. The summed E-state index contributed by atoms with van der Waals surface area (Å²) in [7, 11) is 0. The van der Waals surface area contributed by atoms with Crippen molar-refractivity contribution < 1.29 is 0 Å². The number of nitrogen functional groups attached to an aromatic ring is 1. The Morgan fingerprint density at radius 3 is 1.70 bits per heavy atom. The first kappa shape index (κ1) is 24.1. The van der Waals surface area contributed by atoms with E-state index < -0.39 is 0 Å². The maximum absolute atomic E-state index is 8.03. The van der Waals surface area contributed by atoms with E-state index in [9.17, 15) is 0 Å². The molecular formula is C37H26N2S. The van der Waals surface area contributed by atoms with Crippen LogP contribution in [0.4, 0.5) is 0 Å². The fourth-order valence-corrected chi connectivity index (χ4v) is 6.93. The summed E-state index contributed by atoms with van der Waals surface area (Å²) in [4.78, 5) is 0. The van der Waals surface area contributed by atoms with Crippen molar-refractivity contribution in [1.82, 2.24) is 0 Å². The first-order valence-corrected chi connectivity index (χ1v) is 14.1. The van der Waals surface area contributed by atoms with E-state index in [-0.39, 0.29) is 5.84 Å². The third kappa shape index (κ3) is 4.17. The second-order valence-electron chi connectivity index (χ2n) is 9.96. The smallest absolute Gasteiger partial charge is 0.122 e. The maximum Gasteiger partial charge on any atom is 0.122 e. The number of thiophene rings is 1. The molecule has 2 nitrogen and oxygen atoms in total. The molecule has 1 heterocycles. The lowest BCUT2D eigenvalue weighted by Gasteiger charge is -2.12. The van der Waals surface area contributed by atoms with Crippen LogP contribution >= 0.6 is 11.3 Å². The van der Waals surface area contributed by atoms with Crippen LogP contribution in [-0.4, -0.2) is 5.84 Å². The molecule has 0 saturated carbocycles. The molecule has 0 unspecified atom stereocenters. The van der Waals surface area contributed by atoms with E-state index in [2.05, 4.69) is 121 Å². The van der Waals surface area contributed by atoms with Crippen molar-refractivity contribution in [3.05, 3.63) is 145 Å². The SMILES string of the molecule is N=C(N)c1cccc(-c2ccc(-c3ccccc3)c3sc4c(-c5ccccc5)cc(-c5ccccc5)cc4c23)c1. The van der Waals surface area contributed by atoms with Gasteiger partial charge in [-0.25, -0.2) is 0 Å². The topological polar surface area (TPSA) is 49.9 Å². The van der Waals surface area contributed by atoms with Gasteiger partial charge in [-0.2, -0.15) is 0 Å². The van der Waals surface area contributed by atoms with Gasteiger partial charge in [-0.1, -0.05) is 121 Å². The Labute approximate surface area is 237 Å². The summed E-state index contributed by atoms with van der Waals surface area (Å²) in [6.45, 7) is 0. The molecule has 0 spiro atoms. The van der Waals surface area contributed by atoms with Gasteiger partial charge < -0.3 is 5.73 Å². The lowest BCUT2D eigenvalue weighted by Crippen LogP contribution is -2.10. The van der Waals surface area contributed by atoms with E-state index in [0.717, 1.165) is 16.7 Å². The van der Waals surface area contributed by atoms with Gasteiger partial charge in [0, 0.05) is 31.3 Å². The van der Waals surface area contributed by atoms with E-state index in [0.29, 0.717) is 0 Å². The molecule has 3 N–H and O–H groups in total. The average Bonchev–Trinajstić information content (AvgIpc) is 3.41. The molecule has 6 aromatic carbocycles. The van der Waals surface area contributed by atoms with Crippen LogP contribution < -0.4 is 5.73 Å². The molecule has 0 saturated heterocycles. The molecule has 40 heavy (non-hydrogen) atoms. The standard InChI is InChI=1S/C37H26N2S/c38-37(39)28-18-10-17-27(21-28)30-19-20-31(25-13-6-2-7-14-25)36-34(30)33-23-29(24-11-4-1-5-12-24)22-32(35(33)40-36)26-15-8-3-9-16-26/h1-23H,(H3,38,39). The normalized spacial score (nSPS) is 11.2. The minimum atomic E-state index is 0.0758. The van der Waals surface area contributed by atoms with Crippen LogP contribution in [-0.2, 0) is 0 Å². The Morgan fingerprint density at radius 2 is 1.05 bits per heavy atom. The van der Waals surface area contributed by atoms with Crippen molar-refractivity contribution in [3.8, 4) is 44.5 Å². The molecule has 0 radical (unpaired) electrons. The second kappa shape index (κ2) is 9.96. The van der Waals surface area contributed by atoms with Crippen LogP contribution in [0, 0.1) is 5.41 Å². The number of benzene rings is 6. The highest BCUT2D eigenvalue weighted by Crippen LogP contribution is 2.49. The zero-order valence-corrected chi connectivity index (χ0v) is 22.6. The molecule has 0 aliphatic heterocycles. The van der Waals surface area contributed by atoms with E-state index in [1.54, 1.807) is 0 Å². The molecule has 7 rings (SSSR count). The third-order valence-electron chi connectivity index (χ3n) is 7.48. The van der Waals surface area contributed by atoms with Crippen molar-refractivity contribution in [2.75, 3.05) is 0 Å². The van der Waals surface area contributed by atoms with E-state index in [1.165, 1.54) is 53.6 Å². The molecule has 190 valence electrons. The van der Waals surface area contributed by atoms with Gasteiger partial charge in [0.05, 0.1) is 0 Å². The lowest BCUT2D eigenvalue weighted by atomic mass is 9.91. The zero-order valence-electron chi connectivity index (χ0n) is 21.8. The van der Waals surface area contributed by atoms with Gasteiger partial charge in [0.2, 0.25) is 0 Å². The Hall–Kier alpha value is -4.99. The van der Waals surface area contributed by atoms with Gasteiger partial charge in [-0.15, -0.1) is 11.3 Å². The van der Waals surface area contributed by atoms with Gasteiger partial charge in [-0.3, -0.25) is 5.41 Å². The molecule has 0 aliphatic rings. The molecule has 7 aromatic rings. The molecule has 1 aromatic heterocycles. The number of hydrogen-bond acceptors (Lipinski definition) is 2. The highest BCUT2D eigenvalue weighted by Gasteiger charge is 2.19. The predicted octanol–water partition coefficient (Wildman–Crippen LogP) is 10.0.